The molecule has 11 heteroatoms. The van der Waals surface area contributed by atoms with Gasteiger partial charge in [-0.05, 0) is 12.1 Å². The highest BCUT2D eigenvalue weighted by atomic mass is 35.5. The summed E-state index contributed by atoms with van der Waals surface area (Å²) in [5, 5.41) is 69.1. The predicted octanol–water partition coefficient (Wildman–Crippen LogP) is -1.97. The minimum absolute atomic E-state index is 0. The van der Waals surface area contributed by atoms with Crippen LogP contribution in [0.3, 0.4) is 0 Å². The molecule has 1 aliphatic heterocycles. The summed E-state index contributed by atoms with van der Waals surface area (Å²) >= 11 is 0. The third-order valence-electron chi connectivity index (χ3n) is 4.75. The van der Waals surface area contributed by atoms with Crippen molar-refractivity contribution in [1.29, 1.82) is 0 Å². The SMILES string of the molecule is Oc1cc(O)c2cc(O[C@@H]3OC[C@@H](O)C(O)C3O)c(-c3ccc(O)c(O)c3)[o+]c2c1.[Cl-]. The van der Waals surface area contributed by atoms with Crippen LogP contribution < -0.4 is 17.1 Å². The Kier molecular flexibility index (Phi) is 6.30. The van der Waals surface area contributed by atoms with E-state index in [-0.39, 0.29) is 64.3 Å². The molecular formula is C20H19ClO10. The number of rotatable bonds is 3. The number of hydrogen-bond acceptors (Lipinski definition) is 9. The second-order valence-corrected chi connectivity index (χ2v) is 6.89. The van der Waals surface area contributed by atoms with Crippen molar-refractivity contribution in [2.75, 3.05) is 6.61 Å². The standard InChI is InChI=1S/C20H18O10.ClH/c21-9-4-12(23)10-6-16(30-20-18(27)17(26)14(25)7-28-20)19(29-15(10)5-9)8-1-2-11(22)13(24)3-8;/h1-6,14,17-18,20,25-27H,7H2,(H3-,21,22,23,24);1H/t14-,17?,18?,20+;/m1./s1. The van der Waals surface area contributed by atoms with Crippen molar-refractivity contribution in [1.82, 2.24) is 0 Å². The number of aromatic hydroxyl groups is 4. The summed E-state index contributed by atoms with van der Waals surface area (Å²) in [4.78, 5) is 0. The number of aliphatic hydroxyl groups excluding tert-OH is 3. The van der Waals surface area contributed by atoms with Gasteiger partial charge in [0, 0.05) is 18.2 Å². The molecule has 0 radical (unpaired) electrons. The predicted molar refractivity (Wildman–Crippen MR) is 101 cm³/mol. The second-order valence-electron chi connectivity index (χ2n) is 6.89. The number of phenolic OH excluding ortho intramolecular Hbond substituents is 4. The van der Waals surface area contributed by atoms with E-state index in [4.69, 9.17) is 13.9 Å². The molecule has 1 fully saturated rings. The van der Waals surface area contributed by atoms with E-state index in [1.807, 2.05) is 0 Å². The zero-order valence-corrected chi connectivity index (χ0v) is 16.5. The number of phenols is 4. The van der Waals surface area contributed by atoms with Crippen LogP contribution >= 0.6 is 0 Å². The molecule has 0 saturated carbocycles. The van der Waals surface area contributed by atoms with E-state index in [1.54, 1.807) is 0 Å². The first-order valence-electron chi connectivity index (χ1n) is 8.92. The van der Waals surface area contributed by atoms with Crippen molar-refractivity contribution >= 4 is 11.0 Å². The molecule has 0 spiro atoms. The van der Waals surface area contributed by atoms with Gasteiger partial charge in [0.25, 0.3) is 0 Å². The molecule has 2 heterocycles. The molecule has 1 saturated heterocycles. The van der Waals surface area contributed by atoms with Gasteiger partial charge in [-0.15, -0.1) is 0 Å². The molecule has 2 aromatic carbocycles. The van der Waals surface area contributed by atoms with Gasteiger partial charge in [-0.25, -0.2) is 4.42 Å². The summed E-state index contributed by atoms with van der Waals surface area (Å²) in [5.74, 6) is -1.37. The molecule has 0 aliphatic carbocycles. The zero-order chi connectivity index (χ0) is 21.6. The largest absolute Gasteiger partial charge is 1.00 e. The van der Waals surface area contributed by atoms with Gasteiger partial charge in [-0.3, -0.25) is 0 Å². The Morgan fingerprint density at radius 3 is 2.32 bits per heavy atom. The van der Waals surface area contributed by atoms with E-state index >= 15 is 0 Å². The smallest absolute Gasteiger partial charge is 0.402 e. The first-order chi connectivity index (χ1) is 14.2. The van der Waals surface area contributed by atoms with E-state index in [0.717, 1.165) is 6.07 Å². The summed E-state index contributed by atoms with van der Waals surface area (Å²) in [6, 6.07) is 7.56. The molecule has 4 rings (SSSR count). The van der Waals surface area contributed by atoms with Crippen LogP contribution in [0.1, 0.15) is 0 Å². The van der Waals surface area contributed by atoms with Gasteiger partial charge >= 0.3 is 11.3 Å². The lowest BCUT2D eigenvalue weighted by atomic mass is 10.1. The molecule has 31 heavy (non-hydrogen) atoms. The van der Waals surface area contributed by atoms with Crippen molar-refractivity contribution in [2.24, 2.45) is 0 Å². The molecule has 3 aromatic rings. The van der Waals surface area contributed by atoms with E-state index in [2.05, 4.69) is 0 Å². The van der Waals surface area contributed by atoms with Crippen LogP contribution in [0, 0.1) is 0 Å². The number of benzene rings is 2. The number of aliphatic hydroxyl groups is 3. The summed E-state index contributed by atoms with van der Waals surface area (Å²) < 4.78 is 16.7. The average Bonchev–Trinajstić information content (AvgIpc) is 2.70. The quantitative estimate of drug-likeness (QED) is 0.174. The topological polar surface area (TPSA) is 171 Å². The van der Waals surface area contributed by atoms with Gasteiger partial charge in [-0.2, -0.15) is 0 Å². The molecule has 0 amide bonds. The van der Waals surface area contributed by atoms with E-state index < -0.39 is 30.4 Å². The third-order valence-corrected chi connectivity index (χ3v) is 4.75. The average molecular weight is 455 g/mol. The Labute approximate surface area is 181 Å². The second kappa shape index (κ2) is 8.61. The van der Waals surface area contributed by atoms with Gasteiger partial charge in [-0.1, -0.05) is 0 Å². The van der Waals surface area contributed by atoms with Crippen LogP contribution in [0.4, 0.5) is 0 Å². The van der Waals surface area contributed by atoms with Crippen molar-refractivity contribution < 1.29 is 62.0 Å². The molecular weight excluding hydrogens is 436 g/mol. The lowest BCUT2D eigenvalue weighted by Crippen LogP contribution is -3.00. The lowest BCUT2D eigenvalue weighted by Gasteiger charge is -2.34. The highest BCUT2D eigenvalue weighted by Crippen LogP contribution is 2.41. The lowest BCUT2D eigenvalue weighted by molar-refractivity contribution is -0.242. The van der Waals surface area contributed by atoms with Gasteiger partial charge in [0.05, 0.1) is 18.2 Å². The Balaban J connectivity index is 0.00000272. The van der Waals surface area contributed by atoms with Crippen LogP contribution in [-0.2, 0) is 4.74 Å². The van der Waals surface area contributed by atoms with E-state index in [9.17, 15) is 35.7 Å². The molecule has 0 bridgehead atoms. The van der Waals surface area contributed by atoms with Crippen LogP contribution in [0.25, 0.3) is 22.3 Å². The normalized spacial score (nSPS) is 23.3. The van der Waals surface area contributed by atoms with Gasteiger partial charge < -0.3 is 57.6 Å². The van der Waals surface area contributed by atoms with Crippen molar-refractivity contribution in [2.45, 2.75) is 24.6 Å². The highest BCUT2D eigenvalue weighted by Gasteiger charge is 2.40. The van der Waals surface area contributed by atoms with Crippen LogP contribution in [0.15, 0.2) is 40.8 Å². The van der Waals surface area contributed by atoms with E-state index in [0.29, 0.717) is 0 Å². The molecule has 7 N–H and O–H groups in total. The summed E-state index contributed by atoms with van der Waals surface area (Å²) in [7, 11) is 0. The summed E-state index contributed by atoms with van der Waals surface area (Å²) in [6.45, 7) is -0.290. The number of ether oxygens (including phenoxy) is 2. The van der Waals surface area contributed by atoms with Crippen LogP contribution in [0.2, 0.25) is 0 Å². The Hall–Kier alpha value is -3.02. The molecule has 10 nitrogen and oxygen atoms in total. The minimum atomic E-state index is -1.58. The number of hydrogen-bond donors (Lipinski definition) is 7. The van der Waals surface area contributed by atoms with Crippen molar-refractivity contribution in [3.8, 4) is 40.1 Å². The van der Waals surface area contributed by atoms with E-state index in [1.165, 1.54) is 30.3 Å². The van der Waals surface area contributed by atoms with Crippen LogP contribution in [-0.4, -0.2) is 67.0 Å². The monoisotopic (exact) mass is 454 g/mol. The maximum absolute atomic E-state index is 10.2. The zero-order valence-electron chi connectivity index (χ0n) is 15.7. The van der Waals surface area contributed by atoms with Crippen molar-refractivity contribution in [3.05, 3.63) is 36.4 Å². The molecule has 4 atom stereocenters. The maximum Gasteiger partial charge on any atom is 0.402 e. The summed E-state index contributed by atoms with van der Waals surface area (Å²) in [6.07, 6.45) is -5.76. The fourth-order valence-electron chi connectivity index (χ4n) is 3.15. The first-order valence-corrected chi connectivity index (χ1v) is 8.92. The molecule has 1 aromatic heterocycles. The fourth-order valence-corrected chi connectivity index (χ4v) is 3.15. The number of fused-ring (bicyclic) bond motifs is 1. The highest BCUT2D eigenvalue weighted by molar-refractivity contribution is 5.88. The minimum Gasteiger partial charge on any atom is -1.00 e. The fraction of sp³-hybridized carbons (Fsp3) is 0.250. The summed E-state index contributed by atoms with van der Waals surface area (Å²) in [5.41, 5.74) is 0.346. The molecule has 1 aliphatic rings. The first kappa shape index (κ1) is 22.7. The molecule has 2 unspecified atom stereocenters. The Morgan fingerprint density at radius 1 is 0.871 bits per heavy atom. The maximum atomic E-state index is 10.2. The van der Waals surface area contributed by atoms with Gasteiger partial charge in [0.1, 0.15) is 35.2 Å². The third kappa shape index (κ3) is 4.24. The van der Waals surface area contributed by atoms with Crippen molar-refractivity contribution in [3.63, 3.8) is 0 Å². The van der Waals surface area contributed by atoms with Crippen LogP contribution in [0.5, 0.6) is 28.7 Å². The Bertz CT molecular complexity index is 1110. The van der Waals surface area contributed by atoms with Gasteiger partial charge in [0.2, 0.25) is 12.0 Å². The number of halogens is 1. The van der Waals surface area contributed by atoms with Gasteiger partial charge in [0.15, 0.2) is 11.5 Å². The Morgan fingerprint density at radius 2 is 1.61 bits per heavy atom. The molecule has 166 valence electrons.